The van der Waals surface area contributed by atoms with Crippen LogP contribution in [0.1, 0.15) is 0 Å². The Kier molecular flexibility index (Phi) is 7.80. The SMILES string of the molecule is CN(C)/C([O-])=C/Br.[Li+]. The summed E-state index contributed by atoms with van der Waals surface area (Å²) in [5.74, 6) is -0.0278. The summed E-state index contributed by atoms with van der Waals surface area (Å²) in [4.78, 5) is 2.82. The maximum atomic E-state index is 10.3. The van der Waals surface area contributed by atoms with E-state index in [1.54, 1.807) is 14.1 Å². The fourth-order valence-corrected chi connectivity index (χ4v) is 0.507. The summed E-state index contributed by atoms with van der Waals surface area (Å²) in [6, 6.07) is 0. The van der Waals surface area contributed by atoms with Crippen molar-refractivity contribution in [3.63, 3.8) is 0 Å². The zero-order valence-electron chi connectivity index (χ0n) is 5.31. The van der Waals surface area contributed by atoms with Gasteiger partial charge in [-0.3, -0.25) is 0 Å². The molecule has 0 aliphatic carbocycles. The molecule has 0 amide bonds. The summed E-state index contributed by atoms with van der Waals surface area (Å²) in [7, 11) is 3.39. The molecule has 0 spiro atoms. The Labute approximate surface area is 69.9 Å². The van der Waals surface area contributed by atoms with E-state index < -0.39 is 0 Å². The van der Waals surface area contributed by atoms with E-state index in [-0.39, 0.29) is 24.7 Å². The third kappa shape index (κ3) is 4.57. The second-order valence-electron chi connectivity index (χ2n) is 1.34. The molecule has 0 saturated carbocycles. The first kappa shape index (κ1) is 11.2. The summed E-state index contributed by atoms with van der Waals surface area (Å²) in [5, 5.41) is 10.3. The van der Waals surface area contributed by atoms with E-state index >= 15 is 0 Å². The van der Waals surface area contributed by atoms with Crippen molar-refractivity contribution in [2.75, 3.05) is 14.1 Å². The zero-order valence-corrected chi connectivity index (χ0v) is 6.90. The molecular weight excluding hydrogens is 165 g/mol. The molecule has 0 aliphatic rings. The Bertz CT molecular complexity index is 84.1. The average Bonchev–Trinajstić information content (AvgIpc) is 1.65. The quantitative estimate of drug-likeness (QED) is 0.313. The Balaban J connectivity index is 0. The summed E-state index contributed by atoms with van der Waals surface area (Å²) >= 11 is 2.90. The third-order valence-electron chi connectivity index (χ3n) is 0.534. The van der Waals surface area contributed by atoms with E-state index in [0.29, 0.717) is 0 Å². The molecule has 0 N–H and O–H groups in total. The van der Waals surface area contributed by atoms with E-state index in [2.05, 4.69) is 15.9 Å². The van der Waals surface area contributed by atoms with Gasteiger partial charge in [0.1, 0.15) is 0 Å². The average molecular weight is 172 g/mol. The summed E-state index contributed by atoms with van der Waals surface area (Å²) < 4.78 is 0. The molecule has 0 aromatic carbocycles. The van der Waals surface area contributed by atoms with Crippen LogP contribution in [-0.2, 0) is 0 Å². The molecular formula is C4H7BrLiNO. The van der Waals surface area contributed by atoms with Crippen molar-refractivity contribution in [3.8, 4) is 0 Å². The third-order valence-corrected chi connectivity index (χ3v) is 0.926. The number of rotatable bonds is 1. The molecule has 0 saturated heterocycles. The van der Waals surface area contributed by atoms with Gasteiger partial charge in [-0.2, -0.15) is 0 Å². The van der Waals surface area contributed by atoms with E-state index in [9.17, 15) is 5.11 Å². The predicted molar refractivity (Wildman–Crippen MR) is 30.7 cm³/mol. The van der Waals surface area contributed by atoms with Crippen LogP contribution in [0, 0.1) is 0 Å². The molecule has 42 valence electrons. The van der Waals surface area contributed by atoms with Gasteiger partial charge in [0.2, 0.25) is 0 Å². The molecule has 0 aliphatic heterocycles. The van der Waals surface area contributed by atoms with E-state index in [1.807, 2.05) is 0 Å². The Hall–Kier alpha value is 0.417. The first-order valence-corrected chi connectivity index (χ1v) is 2.74. The number of nitrogens with zero attached hydrogens (tertiary/aromatic N) is 1. The molecule has 4 heteroatoms. The Morgan fingerprint density at radius 2 is 2.00 bits per heavy atom. The largest absolute Gasteiger partial charge is 1.00 e. The van der Waals surface area contributed by atoms with Gasteiger partial charge in [0.25, 0.3) is 0 Å². The predicted octanol–water partition coefficient (Wildman–Crippen LogP) is -2.89. The maximum Gasteiger partial charge on any atom is 1.00 e. The smallest absolute Gasteiger partial charge is 0.860 e. The molecule has 0 atom stereocenters. The van der Waals surface area contributed by atoms with Crippen LogP contribution in [0.25, 0.3) is 0 Å². The van der Waals surface area contributed by atoms with Gasteiger partial charge >= 0.3 is 18.9 Å². The minimum absolute atomic E-state index is 0. The van der Waals surface area contributed by atoms with Crippen LogP contribution in [0.4, 0.5) is 0 Å². The molecule has 8 heavy (non-hydrogen) atoms. The maximum absolute atomic E-state index is 10.3. The van der Waals surface area contributed by atoms with Crippen molar-refractivity contribution >= 4 is 15.9 Å². The Morgan fingerprint density at radius 3 is 2.00 bits per heavy atom. The van der Waals surface area contributed by atoms with E-state index in [1.165, 1.54) is 9.89 Å². The first-order chi connectivity index (χ1) is 3.18. The fourth-order valence-electron chi connectivity index (χ4n) is 0.0976. The van der Waals surface area contributed by atoms with Gasteiger partial charge in [-0.05, 0) is 10.9 Å². The molecule has 0 radical (unpaired) electrons. The molecule has 0 heterocycles. The fraction of sp³-hybridized carbons (Fsp3) is 0.500. The molecule has 2 nitrogen and oxygen atoms in total. The van der Waals surface area contributed by atoms with Crippen LogP contribution < -0.4 is 24.0 Å². The van der Waals surface area contributed by atoms with Crippen molar-refractivity contribution in [3.05, 3.63) is 10.9 Å². The van der Waals surface area contributed by atoms with Crippen molar-refractivity contribution in [1.82, 2.24) is 4.90 Å². The van der Waals surface area contributed by atoms with Crippen molar-refractivity contribution < 1.29 is 24.0 Å². The molecule has 0 aromatic rings. The summed E-state index contributed by atoms with van der Waals surface area (Å²) in [6.07, 6.45) is 0. The van der Waals surface area contributed by atoms with Gasteiger partial charge in [0.05, 0.1) is 0 Å². The van der Waals surface area contributed by atoms with Crippen LogP contribution in [0.5, 0.6) is 0 Å². The van der Waals surface area contributed by atoms with Crippen LogP contribution in [-0.4, -0.2) is 19.0 Å². The topological polar surface area (TPSA) is 26.3 Å². The number of hydrogen-bond acceptors (Lipinski definition) is 2. The second-order valence-corrected chi connectivity index (χ2v) is 1.80. The second kappa shape index (κ2) is 5.55. The van der Waals surface area contributed by atoms with Crippen molar-refractivity contribution in [2.24, 2.45) is 0 Å². The van der Waals surface area contributed by atoms with Crippen molar-refractivity contribution in [2.45, 2.75) is 0 Å². The van der Waals surface area contributed by atoms with Crippen LogP contribution in [0.2, 0.25) is 0 Å². The standard InChI is InChI=1S/C4H8BrNO.Li/c1-6(2)4(7)3-5;/h3,7H,1-2H3;/q;+1/p-1/b4-3-;. The van der Waals surface area contributed by atoms with E-state index in [4.69, 9.17) is 0 Å². The molecule has 0 bridgehead atoms. The first-order valence-electron chi connectivity index (χ1n) is 1.83. The van der Waals surface area contributed by atoms with Gasteiger partial charge in [0.15, 0.2) is 0 Å². The van der Waals surface area contributed by atoms with Crippen LogP contribution in [0.3, 0.4) is 0 Å². The minimum Gasteiger partial charge on any atom is -0.860 e. The molecule has 0 aromatic heterocycles. The van der Waals surface area contributed by atoms with E-state index in [0.717, 1.165) is 0 Å². The van der Waals surface area contributed by atoms with Crippen LogP contribution >= 0.6 is 15.9 Å². The van der Waals surface area contributed by atoms with Gasteiger partial charge < -0.3 is 10.0 Å². The monoisotopic (exact) mass is 171 g/mol. The molecule has 0 rings (SSSR count). The Morgan fingerprint density at radius 1 is 1.62 bits per heavy atom. The normalized spacial score (nSPS) is 10.1. The zero-order chi connectivity index (χ0) is 5.86. The van der Waals surface area contributed by atoms with Gasteiger partial charge in [-0.1, -0.05) is 15.9 Å². The summed E-state index contributed by atoms with van der Waals surface area (Å²) in [5.41, 5.74) is 0. The van der Waals surface area contributed by atoms with Crippen molar-refractivity contribution in [1.29, 1.82) is 0 Å². The number of halogens is 1. The minimum atomic E-state index is -0.0278. The number of hydrogen-bond donors (Lipinski definition) is 0. The molecule has 0 fully saturated rings. The molecule has 0 unspecified atom stereocenters. The van der Waals surface area contributed by atoms with Gasteiger partial charge in [0, 0.05) is 14.1 Å². The van der Waals surface area contributed by atoms with Gasteiger partial charge in [-0.25, -0.2) is 0 Å². The van der Waals surface area contributed by atoms with Gasteiger partial charge in [-0.15, -0.1) is 0 Å². The summed E-state index contributed by atoms with van der Waals surface area (Å²) in [6.45, 7) is 0. The van der Waals surface area contributed by atoms with Crippen LogP contribution in [0.15, 0.2) is 10.9 Å².